The Morgan fingerprint density at radius 3 is 2.68 bits per heavy atom. The standard InChI is InChI=1S/C26H32N4O5S2/c1-18-14-30(19(2)17-31)26(32)21-6-4-7-22(28-37(33,34)24-8-5-13-36-24)25(21)35-23(18)16-29(3)15-20-9-11-27-12-10-20/h4-13,18-19,23,28,31H,14-17H2,1-3H3/t18-,19+,23-/m0/s1. The molecule has 1 amide bonds. The Kier molecular flexibility index (Phi) is 8.48. The second-order valence-electron chi connectivity index (χ2n) is 9.39. The SMILES string of the molecule is C[C@H](CO)N1C[C@H](C)[C@H](CN(C)Cc2ccncc2)Oc2c(NS(=O)(=O)c3cccs3)cccc2C1=O. The van der Waals surface area contributed by atoms with Crippen LogP contribution in [0.3, 0.4) is 0 Å². The summed E-state index contributed by atoms with van der Waals surface area (Å²) in [5.74, 6) is -0.228. The van der Waals surface area contributed by atoms with Crippen molar-refractivity contribution in [3.05, 3.63) is 71.4 Å². The van der Waals surface area contributed by atoms with E-state index in [1.54, 1.807) is 53.9 Å². The molecule has 0 aliphatic carbocycles. The highest BCUT2D eigenvalue weighted by atomic mass is 32.2. The molecule has 0 fully saturated rings. The molecule has 2 N–H and O–H groups in total. The van der Waals surface area contributed by atoms with Crippen molar-refractivity contribution in [3.63, 3.8) is 0 Å². The number of fused-ring (bicyclic) bond motifs is 1. The number of carbonyl (C=O) groups is 1. The van der Waals surface area contributed by atoms with Crippen LogP contribution in [0.2, 0.25) is 0 Å². The molecule has 3 heterocycles. The van der Waals surface area contributed by atoms with E-state index in [-0.39, 0.29) is 45.7 Å². The molecule has 0 saturated heterocycles. The molecule has 1 aliphatic rings. The number of aromatic nitrogens is 1. The van der Waals surface area contributed by atoms with Crippen LogP contribution in [0, 0.1) is 5.92 Å². The number of hydrogen-bond acceptors (Lipinski definition) is 8. The molecule has 2 aromatic heterocycles. The lowest BCUT2D eigenvalue weighted by atomic mass is 9.99. The highest BCUT2D eigenvalue weighted by Crippen LogP contribution is 2.36. The number of aliphatic hydroxyl groups is 1. The number of sulfonamides is 1. The Morgan fingerprint density at radius 1 is 1.24 bits per heavy atom. The molecule has 0 unspecified atom stereocenters. The lowest BCUT2D eigenvalue weighted by Gasteiger charge is -2.38. The summed E-state index contributed by atoms with van der Waals surface area (Å²) in [6, 6.07) is 11.5. The van der Waals surface area contributed by atoms with Gasteiger partial charge in [-0.3, -0.25) is 19.4 Å². The van der Waals surface area contributed by atoms with Gasteiger partial charge in [0.15, 0.2) is 5.75 Å². The van der Waals surface area contributed by atoms with Gasteiger partial charge in [0.1, 0.15) is 10.3 Å². The van der Waals surface area contributed by atoms with Crippen molar-refractivity contribution >= 4 is 33.0 Å². The Balaban J connectivity index is 1.70. The summed E-state index contributed by atoms with van der Waals surface area (Å²) in [7, 11) is -1.88. The number of thiophene rings is 1. The van der Waals surface area contributed by atoms with Crippen molar-refractivity contribution in [3.8, 4) is 5.75 Å². The molecule has 198 valence electrons. The van der Waals surface area contributed by atoms with Crippen LogP contribution in [0.15, 0.2) is 64.4 Å². The number of nitrogens with zero attached hydrogens (tertiary/aromatic N) is 3. The third-order valence-corrected chi connectivity index (χ3v) is 9.15. The number of carbonyl (C=O) groups excluding carboxylic acids is 1. The summed E-state index contributed by atoms with van der Waals surface area (Å²) >= 11 is 1.11. The number of rotatable bonds is 9. The lowest BCUT2D eigenvalue weighted by Crippen LogP contribution is -2.49. The van der Waals surface area contributed by atoms with Gasteiger partial charge in [-0.2, -0.15) is 0 Å². The van der Waals surface area contributed by atoms with E-state index in [0.29, 0.717) is 19.6 Å². The third-order valence-electron chi connectivity index (χ3n) is 6.39. The fourth-order valence-corrected chi connectivity index (χ4v) is 6.38. The largest absolute Gasteiger partial charge is 0.486 e. The molecule has 0 saturated carbocycles. The highest BCUT2D eigenvalue weighted by molar-refractivity contribution is 7.94. The van der Waals surface area contributed by atoms with Gasteiger partial charge in [-0.15, -0.1) is 11.3 Å². The average molecular weight is 545 g/mol. The van der Waals surface area contributed by atoms with E-state index in [0.717, 1.165) is 16.9 Å². The Labute approximate surface area is 221 Å². The van der Waals surface area contributed by atoms with Crippen molar-refractivity contribution in [1.29, 1.82) is 0 Å². The van der Waals surface area contributed by atoms with Crippen molar-refractivity contribution in [1.82, 2.24) is 14.8 Å². The first-order chi connectivity index (χ1) is 17.7. The Bertz CT molecular complexity index is 1300. The van der Waals surface area contributed by atoms with E-state index in [1.165, 1.54) is 6.07 Å². The third kappa shape index (κ3) is 6.30. The van der Waals surface area contributed by atoms with E-state index >= 15 is 0 Å². The molecule has 1 aromatic carbocycles. The van der Waals surface area contributed by atoms with E-state index < -0.39 is 16.1 Å². The van der Waals surface area contributed by atoms with Crippen LogP contribution >= 0.6 is 11.3 Å². The van der Waals surface area contributed by atoms with Crippen LogP contribution in [-0.4, -0.2) is 73.1 Å². The van der Waals surface area contributed by atoms with Crippen LogP contribution in [0.25, 0.3) is 0 Å². The molecule has 0 spiro atoms. The molecule has 4 rings (SSSR count). The first-order valence-corrected chi connectivity index (χ1v) is 14.4. The number of para-hydroxylation sites is 1. The first kappa shape index (κ1) is 27.1. The fraction of sp³-hybridized carbons (Fsp3) is 0.385. The van der Waals surface area contributed by atoms with Gasteiger partial charge in [-0.25, -0.2) is 8.42 Å². The minimum Gasteiger partial charge on any atom is -0.486 e. The van der Waals surface area contributed by atoms with Crippen LogP contribution in [-0.2, 0) is 16.6 Å². The van der Waals surface area contributed by atoms with Gasteiger partial charge in [-0.05, 0) is 55.2 Å². The smallest absolute Gasteiger partial charge is 0.271 e. The predicted octanol–water partition coefficient (Wildman–Crippen LogP) is 3.30. The van der Waals surface area contributed by atoms with Gasteiger partial charge in [0, 0.05) is 37.9 Å². The van der Waals surface area contributed by atoms with Gasteiger partial charge >= 0.3 is 0 Å². The minimum absolute atomic E-state index is 0.104. The summed E-state index contributed by atoms with van der Waals surface area (Å²) in [4.78, 5) is 21.4. The average Bonchev–Trinajstić information content (AvgIpc) is 3.43. The summed E-state index contributed by atoms with van der Waals surface area (Å²) in [6.07, 6.45) is 3.14. The van der Waals surface area contributed by atoms with Gasteiger partial charge < -0.3 is 14.7 Å². The quantitative estimate of drug-likeness (QED) is 0.425. The van der Waals surface area contributed by atoms with E-state index in [4.69, 9.17) is 4.74 Å². The topological polar surface area (TPSA) is 112 Å². The minimum atomic E-state index is -3.86. The fourth-order valence-electron chi connectivity index (χ4n) is 4.32. The maximum Gasteiger partial charge on any atom is 0.271 e. The number of aliphatic hydroxyl groups excluding tert-OH is 1. The number of nitrogens with one attached hydrogen (secondary N) is 1. The van der Waals surface area contributed by atoms with Crippen LogP contribution < -0.4 is 9.46 Å². The number of amides is 1. The summed E-state index contributed by atoms with van der Waals surface area (Å²) in [6.45, 7) is 5.19. The van der Waals surface area contributed by atoms with Crippen molar-refractivity contribution in [2.24, 2.45) is 5.92 Å². The van der Waals surface area contributed by atoms with Gasteiger partial charge in [0.05, 0.1) is 23.9 Å². The van der Waals surface area contributed by atoms with E-state index in [1.807, 2.05) is 26.1 Å². The number of benzene rings is 1. The molecule has 0 bridgehead atoms. The summed E-state index contributed by atoms with van der Waals surface area (Å²) in [5, 5.41) is 11.5. The molecule has 0 radical (unpaired) electrons. The molecule has 1 aliphatic heterocycles. The number of hydrogen-bond donors (Lipinski definition) is 2. The highest BCUT2D eigenvalue weighted by Gasteiger charge is 2.35. The second-order valence-corrected chi connectivity index (χ2v) is 12.3. The number of ether oxygens (including phenoxy) is 1. The molecule has 3 atom stereocenters. The number of pyridine rings is 1. The zero-order chi connectivity index (χ0) is 26.6. The molecular weight excluding hydrogens is 512 g/mol. The maximum atomic E-state index is 13.6. The first-order valence-electron chi connectivity index (χ1n) is 12.0. The van der Waals surface area contributed by atoms with E-state index in [9.17, 15) is 18.3 Å². The Hall–Kier alpha value is -2.99. The second kappa shape index (κ2) is 11.6. The van der Waals surface area contributed by atoms with Crippen LogP contribution in [0.4, 0.5) is 5.69 Å². The molecule has 3 aromatic rings. The van der Waals surface area contributed by atoms with Gasteiger partial charge in [-0.1, -0.05) is 19.1 Å². The predicted molar refractivity (Wildman–Crippen MR) is 143 cm³/mol. The molecule has 9 nitrogen and oxygen atoms in total. The Morgan fingerprint density at radius 2 is 2.00 bits per heavy atom. The van der Waals surface area contributed by atoms with Crippen LogP contribution in [0.5, 0.6) is 5.75 Å². The monoisotopic (exact) mass is 544 g/mol. The molecule has 37 heavy (non-hydrogen) atoms. The zero-order valence-electron chi connectivity index (χ0n) is 21.1. The van der Waals surface area contributed by atoms with Gasteiger partial charge in [0.2, 0.25) is 0 Å². The normalized spacial score (nSPS) is 19.1. The van der Waals surface area contributed by atoms with Crippen LogP contribution in [0.1, 0.15) is 29.8 Å². The van der Waals surface area contributed by atoms with E-state index in [2.05, 4.69) is 14.6 Å². The summed E-state index contributed by atoms with van der Waals surface area (Å²) < 4.78 is 35.3. The van der Waals surface area contributed by atoms with Crippen molar-refractivity contribution < 1.29 is 23.1 Å². The number of likely N-dealkylation sites (N-methyl/N-ethyl adjacent to an activating group) is 1. The number of anilines is 1. The zero-order valence-corrected chi connectivity index (χ0v) is 22.7. The molecule has 11 heteroatoms. The summed E-state index contributed by atoms with van der Waals surface area (Å²) in [5.41, 5.74) is 1.55. The lowest BCUT2D eigenvalue weighted by molar-refractivity contribution is 0.0344. The van der Waals surface area contributed by atoms with Crippen molar-refractivity contribution in [2.45, 2.75) is 36.7 Å². The maximum absolute atomic E-state index is 13.6. The molecular formula is C26H32N4O5S2. The van der Waals surface area contributed by atoms with Crippen molar-refractivity contribution in [2.75, 3.05) is 31.5 Å². The van der Waals surface area contributed by atoms with Gasteiger partial charge in [0.25, 0.3) is 15.9 Å².